The first kappa shape index (κ1) is 25.1. The first-order valence-corrected chi connectivity index (χ1v) is 12.6. The number of thiophene rings is 1. The number of piperazine rings is 1. The number of carbonyl (C=O) groups excluding carboxylic acids is 1. The number of hydrogen-bond acceptors (Lipinski definition) is 4. The highest BCUT2D eigenvalue weighted by atomic mass is 35.5. The molecule has 182 valence electrons. The van der Waals surface area contributed by atoms with Gasteiger partial charge in [-0.15, -0.1) is 11.3 Å². The van der Waals surface area contributed by atoms with Gasteiger partial charge >= 0.3 is 6.18 Å². The quantitative estimate of drug-likeness (QED) is 0.352. The van der Waals surface area contributed by atoms with Crippen molar-refractivity contribution in [3.8, 4) is 0 Å². The first-order chi connectivity index (χ1) is 16.2. The summed E-state index contributed by atoms with van der Waals surface area (Å²) < 4.78 is 39.3. The van der Waals surface area contributed by atoms with Crippen LogP contribution in [0, 0.1) is 0 Å². The number of unbranched alkanes of at least 4 members (excludes halogenated alkanes) is 1. The normalized spacial score (nSPS) is 15.1. The summed E-state index contributed by atoms with van der Waals surface area (Å²) in [7, 11) is 0. The van der Waals surface area contributed by atoms with E-state index in [1.165, 1.54) is 23.5 Å². The van der Waals surface area contributed by atoms with E-state index in [0.29, 0.717) is 31.6 Å². The van der Waals surface area contributed by atoms with Crippen LogP contribution in [0.4, 0.5) is 18.9 Å². The van der Waals surface area contributed by atoms with Crippen LogP contribution >= 0.6 is 34.5 Å². The third-order valence-electron chi connectivity index (χ3n) is 5.90. The number of amides is 1. The maximum absolute atomic E-state index is 12.9. The topological polar surface area (TPSA) is 35.6 Å². The fourth-order valence-electron chi connectivity index (χ4n) is 4.03. The molecule has 0 radical (unpaired) electrons. The molecular weight excluding hydrogens is 506 g/mol. The van der Waals surface area contributed by atoms with Crippen molar-refractivity contribution in [3.63, 3.8) is 0 Å². The van der Waals surface area contributed by atoms with E-state index in [9.17, 15) is 18.0 Å². The number of fused-ring (bicyclic) bond motifs is 1. The molecule has 1 aliphatic heterocycles. The number of carbonyl (C=O) groups is 1. The van der Waals surface area contributed by atoms with E-state index in [1.54, 1.807) is 6.07 Å². The van der Waals surface area contributed by atoms with Gasteiger partial charge in [0.1, 0.15) is 0 Å². The Labute approximate surface area is 210 Å². The second-order valence-electron chi connectivity index (χ2n) is 8.23. The van der Waals surface area contributed by atoms with Crippen LogP contribution in [0.2, 0.25) is 10.0 Å². The van der Waals surface area contributed by atoms with Gasteiger partial charge in [-0.2, -0.15) is 13.2 Å². The molecular formula is C24H24Cl2F3N3OS. The van der Waals surface area contributed by atoms with Gasteiger partial charge in [0.25, 0.3) is 5.91 Å². The van der Waals surface area contributed by atoms with Gasteiger partial charge in [0.2, 0.25) is 0 Å². The fraction of sp³-hybridized carbons (Fsp3) is 0.375. The van der Waals surface area contributed by atoms with Crippen LogP contribution in [0.1, 0.15) is 28.1 Å². The van der Waals surface area contributed by atoms with Gasteiger partial charge < -0.3 is 10.2 Å². The van der Waals surface area contributed by atoms with Crippen molar-refractivity contribution >= 4 is 56.2 Å². The third-order valence-corrected chi connectivity index (χ3v) is 7.82. The van der Waals surface area contributed by atoms with E-state index >= 15 is 0 Å². The van der Waals surface area contributed by atoms with Crippen molar-refractivity contribution in [2.45, 2.75) is 19.0 Å². The molecule has 2 heterocycles. The minimum absolute atomic E-state index is 0.248. The molecule has 0 bridgehead atoms. The zero-order valence-corrected chi connectivity index (χ0v) is 20.6. The predicted molar refractivity (Wildman–Crippen MR) is 134 cm³/mol. The van der Waals surface area contributed by atoms with Gasteiger partial charge in [0.05, 0.1) is 26.2 Å². The van der Waals surface area contributed by atoms with Gasteiger partial charge in [0, 0.05) is 37.4 Å². The molecule has 1 amide bonds. The summed E-state index contributed by atoms with van der Waals surface area (Å²) in [4.78, 5) is 17.5. The van der Waals surface area contributed by atoms with Crippen LogP contribution in [-0.4, -0.2) is 50.1 Å². The van der Waals surface area contributed by atoms with Crippen molar-refractivity contribution in [3.05, 3.63) is 63.0 Å². The smallest absolute Gasteiger partial charge is 0.368 e. The Morgan fingerprint density at radius 1 is 1.03 bits per heavy atom. The summed E-state index contributed by atoms with van der Waals surface area (Å²) in [5.41, 5.74) is 0.258. The molecule has 0 unspecified atom stereocenters. The Hall–Kier alpha value is -2.00. The Bertz CT molecular complexity index is 1160. The average molecular weight is 530 g/mol. The maximum Gasteiger partial charge on any atom is 0.416 e. The molecule has 1 aromatic heterocycles. The molecule has 0 atom stereocenters. The second kappa shape index (κ2) is 10.7. The first-order valence-electron chi connectivity index (χ1n) is 11.0. The van der Waals surface area contributed by atoms with Crippen molar-refractivity contribution in [1.29, 1.82) is 0 Å². The Balaban J connectivity index is 1.18. The van der Waals surface area contributed by atoms with Crippen molar-refractivity contribution < 1.29 is 18.0 Å². The molecule has 0 aliphatic carbocycles. The fourth-order valence-corrected chi connectivity index (χ4v) is 5.40. The van der Waals surface area contributed by atoms with Gasteiger partial charge in [0.15, 0.2) is 0 Å². The molecule has 3 aromatic rings. The number of nitrogens with zero attached hydrogens (tertiary/aromatic N) is 2. The molecule has 10 heteroatoms. The van der Waals surface area contributed by atoms with Gasteiger partial charge in [-0.3, -0.25) is 9.69 Å². The number of hydrogen-bond donors (Lipinski definition) is 1. The Morgan fingerprint density at radius 3 is 2.53 bits per heavy atom. The highest BCUT2D eigenvalue weighted by Crippen LogP contribution is 2.34. The van der Waals surface area contributed by atoms with Crippen LogP contribution < -0.4 is 10.2 Å². The average Bonchev–Trinajstić information content (AvgIpc) is 3.24. The van der Waals surface area contributed by atoms with Gasteiger partial charge in [-0.1, -0.05) is 29.3 Å². The maximum atomic E-state index is 12.9. The van der Waals surface area contributed by atoms with Crippen LogP contribution in [-0.2, 0) is 6.18 Å². The van der Waals surface area contributed by atoms with E-state index in [4.69, 9.17) is 23.2 Å². The highest BCUT2D eigenvalue weighted by molar-refractivity contribution is 7.20. The number of nitrogens with one attached hydrogen (secondary N) is 1. The number of alkyl halides is 3. The lowest BCUT2D eigenvalue weighted by molar-refractivity contribution is -0.137. The molecule has 1 fully saturated rings. The number of anilines is 1. The molecule has 0 spiro atoms. The van der Waals surface area contributed by atoms with Crippen LogP contribution in [0.15, 0.2) is 42.5 Å². The highest BCUT2D eigenvalue weighted by Gasteiger charge is 2.30. The van der Waals surface area contributed by atoms with Gasteiger partial charge in [-0.05, 0) is 61.2 Å². The summed E-state index contributed by atoms with van der Waals surface area (Å²) in [6.45, 7) is 5.07. The largest absolute Gasteiger partial charge is 0.416 e. The molecule has 1 aliphatic rings. The van der Waals surface area contributed by atoms with E-state index in [0.717, 1.165) is 63.4 Å². The molecule has 4 rings (SSSR count). The molecule has 0 saturated carbocycles. The number of benzene rings is 2. The summed E-state index contributed by atoms with van der Waals surface area (Å²) in [6.07, 6.45) is -2.62. The lowest BCUT2D eigenvalue weighted by atomic mass is 10.1. The van der Waals surface area contributed by atoms with Crippen LogP contribution in [0.5, 0.6) is 0 Å². The summed E-state index contributed by atoms with van der Waals surface area (Å²) >= 11 is 13.7. The SMILES string of the molecule is O=C(NCCCCN1CCN(c2cccc(Cl)c2Cl)CC1)c1cc2cc(C(F)(F)F)ccc2s1. The minimum atomic E-state index is -4.40. The zero-order valence-electron chi connectivity index (χ0n) is 18.3. The minimum Gasteiger partial charge on any atom is -0.368 e. The Kier molecular flexibility index (Phi) is 7.92. The van der Waals surface area contributed by atoms with Gasteiger partial charge in [-0.25, -0.2) is 0 Å². The van der Waals surface area contributed by atoms with E-state index < -0.39 is 11.7 Å². The standard InChI is InChI=1S/C24H24Cl2F3N3OS/c25-18-4-3-5-19(22(18)26)32-12-10-31(11-13-32)9-2-1-8-30-23(33)21-15-16-14-17(24(27,28)29)6-7-20(16)34-21/h3-7,14-15H,1-2,8-13H2,(H,30,33). The van der Waals surface area contributed by atoms with Crippen LogP contribution in [0.3, 0.4) is 0 Å². The van der Waals surface area contributed by atoms with Crippen molar-refractivity contribution in [2.24, 2.45) is 0 Å². The van der Waals surface area contributed by atoms with E-state index in [-0.39, 0.29) is 5.91 Å². The summed E-state index contributed by atoms with van der Waals surface area (Å²) in [5.74, 6) is -0.248. The number of rotatable bonds is 7. The van der Waals surface area contributed by atoms with E-state index in [2.05, 4.69) is 15.1 Å². The molecule has 1 N–H and O–H groups in total. The van der Waals surface area contributed by atoms with E-state index in [1.807, 2.05) is 12.1 Å². The second-order valence-corrected chi connectivity index (χ2v) is 10.1. The summed E-state index contributed by atoms with van der Waals surface area (Å²) in [5, 5.41) is 4.46. The zero-order chi connectivity index (χ0) is 24.3. The Morgan fingerprint density at radius 2 is 1.79 bits per heavy atom. The lowest BCUT2D eigenvalue weighted by Gasteiger charge is -2.36. The molecule has 2 aromatic carbocycles. The predicted octanol–water partition coefficient (Wildman–Crippen LogP) is 6.56. The van der Waals surface area contributed by atoms with Crippen LogP contribution in [0.25, 0.3) is 10.1 Å². The van der Waals surface area contributed by atoms with Crippen molar-refractivity contribution in [2.75, 3.05) is 44.2 Å². The van der Waals surface area contributed by atoms with Crippen molar-refractivity contribution in [1.82, 2.24) is 10.2 Å². The lowest BCUT2D eigenvalue weighted by Crippen LogP contribution is -2.46. The molecule has 34 heavy (non-hydrogen) atoms. The monoisotopic (exact) mass is 529 g/mol. The molecule has 1 saturated heterocycles. The number of halogens is 5. The summed E-state index contributed by atoms with van der Waals surface area (Å²) in [6, 6.07) is 10.7. The third kappa shape index (κ3) is 5.97. The molecule has 4 nitrogen and oxygen atoms in total.